The van der Waals surface area contributed by atoms with Gasteiger partial charge in [-0.15, -0.1) is 0 Å². The van der Waals surface area contributed by atoms with Crippen molar-refractivity contribution in [3.05, 3.63) is 41.5 Å². The van der Waals surface area contributed by atoms with Gasteiger partial charge in [0.15, 0.2) is 11.5 Å². The zero-order chi connectivity index (χ0) is 15.9. The first-order valence-electron chi connectivity index (χ1n) is 6.61. The average Bonchev–Trinajstić information content (AvgIpc) is 2.50. The molecule has 0 heterocycles. The highest BCUT2D eigenvalue weighted by molar-refractivity contribution is 6.50. The second-order valence-electron chi connectivity index (χ2n) is 4.88. The van der Waals surface area contributed by atoms with Crippen LogP contribution < -0.4 is 9.47 Å². The third kappa shape index (κ3) is 2.16. The van der Waals surface area contributed by atoms with E-state index in [1.807, 2.05) is 0 Å². The maximum absolute atomic E-state index is 11.9. The Labute approximate surface area is 126 Å². The van der Waals surface area contributed by atoms with Gasteiger partial charge in [0.1, 0.15) is 0 Å². The van der Waals surface area contributed by atoms with Crippen molar-refractivity contribution in [2.24, 2.45) is 0 Å². The summed E-state index contributed by atoms with van der Waals surface area (Å²) in [5, 5.41) is 1.33. The quantitative estimate of drug-likeness (QED) is 0.484. The number of ether oxygens (including phenoxy) is 2. The lowest BCUT2D eigenvalue weighted by Crippen LogP contribution is -2.16. The van der Waals surface area contributed by atoms with Gasteiger partial charge in [0.05, 0.1) is 7.11 Å². The van der Waals surface area contributed by atoms with Gasteiger partial charge in [-0.2, -0.15) is 0 Å². The summed E-state index contributed by atoms with van der Waals surface area (Å²) in [5.41, 5.74) is 0.956. The van der Waals surface area contributed by atoms with Crippen molar-refractivity contribution >= 4 is 34.4 Å². The van der Waals surface area contributed by atoms with E-state index in [0.717, 1.165) is 0 Å². The summed E-state index contributed by atoms with van der Waals surface area (Å²) in [6, 6.07) is 6.74. The molecule has 110 valence electrons. The molecule has 0 saturated heterocycles. The molecule has 0 atom stereocenters. The lowest BCUT2D eigenvalue weighted by atomic mass is 9.92. The summed E-state index contributed by atoms with van der Waals surface area (Å²) in [4.78, 5) is 34.7. The smallest absolute Gasteiger partial charge is 0.308 e. The molecule has 1 aliphatic carbocycles. The highest BCUT2D eigenvalue weighted by atomic mass is 16.6. The Bertz CT molecular complexity index is 861. The largest absolute Gasteiger partial charge is 0.493 e. The maximum atomic E-state index is 11.9. The van der Waals surface area contributed by atoms with Gasteiger partial charge in [0.25, 0.3) is 0 Å². The summed E-state index contributed by atoms with van der Waals surface area (Å²) in [7, 11) is 1.48. The van der Waals surface area contributed by atoms with E-state index in [2.05, 4.69) is 0 Å². The topological polar surface area (TPSA) is 69.7 Å². The van der Waals surface area contributed by atoms with Gasteiger partial charge in [-0.3, -0.25) is 14.4 Å². The van der Waals surface area contributed by atoms with Gasteiger partial charge in [0, 0.05) is 17.9 Å². The summed E-state index contributed by atoms with van der Waals surface area (Å²) >= 11 is 0. The van der Waals surface area contributed by atoms with Crippen LogP contribution in [0.15, 0.2) is 30.3 Å². The highest BCUT2D eigenvalue weighted by Crippen LogP contribution is 2.38. The standard InChI is InChI=1S/C17H12O5/c1-9(18)22-17-13-8-10-3-5-14(19)16(20)12(10)7-11(13)4-6-15(17)21-2/h3-8H,1-2H3. The Kier molecular flexibility index (Phi) is 3.25. The third-order valence-electron chi connectivity index (χ3n) is 3.45. The average molecular weight is 296 g/mol. The molecule has 0 spiro atoms. The molecule has 5 heteroatoms. The number of fused-ring (bicyclic) bond motifs is 2. The molecule has 3 rings (SSSR count). The minimum absolute atomic E-state index is 0.299. The number of methoxy groups -OCH3 is 1. The molecule has 1 aliphatic rings. The minimum atomic E-state index is -0.541. The summed E-state index contributed by atoms with van der Waals surface area (Å²) < 4.78 is 10.5. The van der Waals surface area contributed by atoms with Gasteiger partial charge in [0.2, 0.25) is 11.6 Å². The van der Waals surface area contributed by atoms with Crippen molar-refractivity contribution in [3.8, 4) is 11.5 Å². The van der Waals surface area contributed by atoms with Crippen LogP contribution in [0.5, 0.6) is 11.5 Å². The zero-order valence-electron chi connectivity index (χ0n) is 12.0. The second-order valence-corrected chi connectivity index (χ2v) is 4.88. The van der Waals surface area contributed by atoms with Crippen molar-refractivity contribution in [2.45, 2.75) is 6.92 Å². The van der Waals surface area contributed by atoms with E-state index < -0.39 is 17.5 Å². The number of benzene rings is 2. The third-order valence-corrected chi connectivity index (χ3v) is 3.45. The van der Waals surface area contributed by atoms with E-state index in [4.69, 9.17) is 9.47 Å². The molecule has 0 saturated carbocycles. The first kappa shape index (κ1) is 14.0. The second kappa shape index (κ2) is 5.11. The lowest BCUT2D eigenvalue weighted by Gasteiger charge is -2.14. The van der Waals surface area contributed by atoms with Crippen LogP contribution >= 0.6 is 0 Å². The molecule has 0 aromatic heterocycles. The Morgan fingerprint density at radius 2 is 1.86 bits per heavy atom. The molecule has 0 unspecified atom stereocenters. The molecule has 2 aromatic rings. The minimum Gasteiger partial charge on any atom is -0.493 e. The fourth-order valence-electron chi connectivity index (χ4n) is 2.46. The van der Waals surface area contributed by atoms with Crippen LogP contribution in [0.2, 0.25) is 0 Å². The van der Waals surface area contributed by atoms with Gasteiger partial charge in [-0.1, -0.05) is 12.1 Å². The van der Waals surface area contributed by atoms with Crippen LogP contribution in [0, 0.1) is 0 Å². The molecule has 22 heavy (non-hydrogen) atoms. The normalized spacial score (nSPS) is 13.2. The zero-order valence-corrected chi connectivity index (χ0v) is 12.0. The van der Waals surface area contributed by atoms with Crippen LogP contribution in [0.25, 0.3) is 16.8 Å². The number of esters is 1. The molecule has 0 fully saturated rings. The van der Waals surface area contributed by atoms with Crippen LogP contribution in [0.4, 0.5) is 0 Å². The SMILES string of the molecule is COc1ccc2cc3c(cc2c1OC(C)=O)C=CC(=O)C3=O. The molecule has 2 aromatic carbocycles. The highest BCUT2D eigenvalue weighted by Gasteiger charge is 2.23. The Hall–Kier alpha value is -2.95. The van der Waals surface area contributed by atoms with Crippen molar-refractivity contribution in [1.29, 1.82) is 0 Å². The van der Waals surface area contributed by atoms with Crippen LogP contribution in [0.3, 0.4) is 0 Å². The molecule has 0 aliphatic heterocycles. The number of Topliss-reactive ketones (excluding diaryl/α,β-unsaturated/α-hetero) is 1. The number of rotatable bonds is 2. The van der Waals surface area contributed by atoms with E-state index in [9.17, 15) is 14.4 Å². The first-order chi connectivity index (χ1) is 10.5. The summed E-state index contributed by atoms with van der Waals surface area (Å²) in [6.07, 6.45) is 2.82. The summed E-state index contributed by atoms with van der Waals surface area (Å²) in [5.74, 6) is -0.826. The molecular weight excluding hydrogens is 284 g/mol. The Morgan fingerprint density at radius 1 is 1.09 bits per heavy atom. The number of ketones is 2. The van der Waals surface area contributed by atoms with E-state index >= 15 is 0 Å². The van der Waals surface area contributed by atoms with E-state index in [1.165, 1.54) is 20.1 Å². The predicted octanol–water partition coefficient (Wildman–Crippen LogP) is 2.55. The number of carbonyl (C=O) groups excluding carboxylic acids is 3. The molecule has 0 amide bonds. The fourth-order valence-corrected chi connectivity index (χ4v) is 2.46. The fraction of sp³-hybridized carbons (Fsp3) is 0.118. The van der Waals surface area contributed by atoms with E-state index in [1.54, 1.807) is 30.3 Å². The molecule has 0 bridgehead atoms. The van der Waals surface area contributed by atoms with Crippen LogP contribution in [-0.4, -0.2) is 24.6 Å². The molecular formula is C17H12O5. The monoisotopic (exact) mass is 296 g/mol. The summed E-state index contributed by atoms with van der Waals surface area (Å²) in [6.45, 7) is 1.30. The van der Waals surface area contributed by atoms with Crippen LogP contribution in [-0.2, 0) is 9.59 Å². The van der Waals surface area contributed by atoms with Crippen LogP contribution in [0.1, 0.15) is 22.8 Å². The van der Waals surface area contributed by atoms with Gasteiger partial charge < -0.3 is 9.47 Å². The lowest BCUT2D eigenvalue weighted by molar-refractivity contribution is -0.131. The Balaban J connectivity index is 2.31. The van der Waals surface area contributed by atoms with Crippen molar-refractivity contribution in [3.63, 3.8) is 0 Å². The van der Waals surface area contributed by atoms with Crippen molar-refractivity contribution < 1.29 is 23.9 Å². The van der Waals surface area contributed by atoms with E-state index in [-0.39, 0.29) is 0 Å². The number of hydrogen-bond donors (Lipinski definition) is 0. The molecule has 0 radical (unpaired) electrons. The Morgan fingerprint density at radius 3 is 2.55 bits per heavy atom. The number of hydrogen-bond acceptors (Lipinski definition) is 5. The first-order valence-corrected chi connectivity index (χ1v) is 6.61. The number of carbonyl (C=O) groups is 3. The molecule has 5 nitrogen and oxygen atoms in total. The van der Waals surface area contributed by atoms with Crippen molar-refractivity contribution in [1.82, 2.24) is 0 Å². The van der Waals surface area contributed by atoms with E-state index in [0.29, 0.717) is 33.4 Å². The molecule has 0 N–H and O–H groups in total. The van der Waals surface area contributed by atoms with Gasteiger partial charge in [-0.05, 0) is 35.2 Å². The predicted molar refractivity (Wildman–Crippen MR) is 80.2 cm³/mol. The van der Waals surface area contributed by atoms with Crippen molar-refractivity contribution in [2.75, 3.05) is 7.11 Å². The van der Waals surface area contributed by atoms with Gasteiger partial charge in [-0.25, -0.2) is 0 Å². The maximum Gasteiger partial charge on any atom is 0.308 e. The van der Waals surface area contributed by atoms with Gasteiger partial charge >= 0.3 is 5.97 Å². The number of allylic oxidation sites excluding steroid dienone is 1.